The maximum absolute atomic E-state index is 12.4. The summed E-state index contributed by atoms with van der Waals surface area (Å²) in [6.07, 6.45) is -1.42. The Labute approximate surface area is 129 Å². The topological polar surface area (TPSA) is 74.2 Å². The molecule has 1 saturated carbocycles. The molecule has 1 aliphatic rings. The number of carbonyl (C=O) groups is 1. The number of rotatable bonds is 4. The first-order chi connectivity index (χ1) is 10.4. The minimum atomic E-state index is -4.43. The van der Waals surface area contributed by atoms with E-state index in [2.05, 4.69) is 15.6 Å². The highest BCUT2D eigenvalue weighted by atomic mass is 32.1. The molecule has 3 N–H and O–H groups in total. The van der Waals surface area contributed by atoms with E-state index in [-0.39, 0.29) is 19.0 Å². The van der Waals surface area contributed by atoms with Gasteiger partial charge in [0.2, 0.25) is 0 Å². The van der Waals surface area contributed by atoms with Crippen LogP contribution in [0.2, 0.25) is 0 Å². The van der Waals surface area contributed by atoms with Gasteiger partial charge in [0.05, 0.1) is 17.2 Å². The van der Waals surface area contributed by atoms with Crippen LogP contribution in [-0.2, 0) is 12.6 Å². The molecule has 9 heteroatoms. The van der Waals surface area contributed by atoms with Gasteiger partial charge in [0.15, 0.2) is 5.69 Å². The van der Waals surface area contributed by atoms with E-state index in [1.807, 2.05) is 0 Å². The number of hydrogen-bond acceptors (Lipinski definition) is 4. The maximum atomic E-state index is 12.4. The van der Waals surface area contributed by atoms with Crippen LogP contribution in [-0.4, -0.2) is 34.8 Å². The Kier molecular flexibility index (Phi) is 5.63. The van der Waals surface area contributed by atoms with Gasteiger partial charge in [-0.3, -0.25) is 0 Å². The molecule has 22 heavy (non-hydrogen) atoms. The summed E-state index contributed by atoms with van der Waals surface area (Å²) in [5, 5.41) is 16.3. The van der Waals surface area contributed by atoms with Crippen molar-refractivity contribution in [2.24, 2.45) is 0 Å². The van der Waals surface area contributed by atoms with Gasteiger partial charge in [0.25, 0.3) is 0 Å². The van der Waals surface area contributed by atoms with Crippen LogP contribution in [0.1, 0.15) is 36.4 Å². The van der Waals surface area contributed by atoms with E-state index in [0.717, 1.165) is 36.0 Å². The zero-order valence-corrected chi connectivity index (χ0v) is 12.6. The Morgan fingerprint density at radius 3 is 2.77 bits per heavy atom. The van der Waals surface area contributed by atoms with Gasteiger partial charge in [-0.1, -0.05) is 12.8 Å². The van der Waals surface area contributed by atoms with E-state index >= 15 is 0 Å². The lowest BCUT2D eigenvalue weighted by Crippen LogP contribution is -2.49. The molecule has 2 atom stereocenters. The van der Waals surface area contributed by atoms with Crippen molar-refractivity contribution in [2.45, 2.75) is 50.4 Å². The third-order valence-corrected chi connectivity index (χ3v) is 4.42. The van der Waals surface area contributed by atoms with E-state index < -0.39 is 24.0 Å². The van der Waals surface area contributed by atoms with Crippen molar-refractivity contribution < 1.29 is 23.1 Å². The average molecular weight is 337 g/mol. The maximum Gasteiger partial charge on any atom is 0.434 e. The normalized spacial score (nSPS) is 22.4. The number of alkyl halides is 3. The fourth-order valence-corrected chi connectivity index (χ4v) is 3.14. The predicted molar refractivity (Wildman–Crippen MR) is 75.6 cm³/mol. The van der Waals surface area contributed by atoms with Crippen LogP contribution in [0.15, 0.2) is 5.38 Å². The molecule has 1 heterocycles. The van der Waals surface area contributed by atoms with Gasteiger partial charge < -0.3 is 15.7 Å². The number of carbonyl (C=O) groups excluding carboxylic acids is 1. The predicted octanol–water partition coefficient (Wildman–Crippen LogP) is 2.31. The zero-order chi connectivity index (χ0) is 16.2. The number of aliphatic hydroxyl groups excluding tert-OH is 1. The lowest BCUT2D eigenvalue weighted by molar-refractivity contribution is -0.140. The van der Waals surface area contributed by atoms with Crippen molar-refractivity contribution in [3.63, 3.8) is 0 Å². The molecule has 0 spiro atoms. The highest BCUT2D eigenvalue weighted by molar-refractivity contribution is 7.09. The van der Waals surface area contributed by atoms with E-state index in [0.29, 0.717) is 11.4 Å². The van der Waals surface area contributed by atoms with Crippen molar-refractivity contribution in [3.05, 3.63) is 16.1 Å². The number of amides is 2. The van der Waals surface area contributed by atoms with Gasteiger partial charge in [-0.25, -0.2) is 9.78 Å². The lowest BCUT2D eigenvalue weighted by Gasteiger charge is -2.28. The standard InChI is InChI=1S/C13H18F3N3O2S/c14-13(15,16)10-7-22-11(19-10)5-6-17-12(21)18-8-3-1-2-4-9(8)20/h7-9,20H,1-6H2,(H2,17,18,21). The molecule has 0 radical (unpaired) electrons. The number of nitrogens with zero attached hydrogens (tertiary/aromatic N) is 1. The number of urea groups is 1. The molecule has 0 aromatic carbocycles. The monoisotopic (exact) mass is 337 g/mol. The number of nitrogens with one attached hydrogen (secondary N) is 2. The molecule has 124 valence electrons. The Morgan fingerprint density at radius 2 is 2.14 bits per heavy atom. The number of thiazole rings is 1. The van der Waals surface area contributed by atoms with E-state index in [9.17, 15) is 23.1 Å². The molecule has 2 rings (SSSR count). The Balaban J connectivity index is 1.71. The van der Waals surface area contributed by atoms with Crippen molar-refractivity contribution in [1.29, 1.82) is 0 Å². The number of halogens is 3. The molecular weight excluding hydrogens is 319 g/mol. The summed E-state index contributed by atoms with van der Waals surface area (Å²) < 4.78 is 37.2. The second-order valence-electron chi connectivity index (χ2n) is 5.23. The van der Waals surface area contributed by atoms with Crippen LogP contribution in [0.5, 0.6) is 0 Å². The lowest BCUT2D eigenvalue weighted by atomic mass is 9.93. The van der Waals surface area contributed by atoms with Crippen molar-refractivity contribution >= 4 is 17.4 Å². The fraction of sp³-hybridized carbons (Fsp3) is 0.692. The van der Waals surface area contributed by atoms with Gasteiger partial charge in [-0.15, -0.1) is 11.3 Å². The second kappa shape index (κ2) is 7.28. The summed E-state index contributed by atoms with van der Waals surface area (Å²) in [6, 6.07) is -0.677. The minimum absolute atomic E-state index is 0.194. The molecule has 0 saturated heterocycles. The largest absolute Gasteiger partial charge is 0.434 e. The summed E-state index contributed by atoms with van der Waals surface area (Å²) in [6.45, 7) is 0.194. The van der Waals surface area contributed by atoms with Gasteiger partial charge in [-0.05, 0) is 12.8 Å². The number of aliphatic hydroxyl groups is 1. The highest BCUT2D eigenvalue weighted by Crippen LogP contribution is 2.30. The van der Waals surface area contributed by atoms with E-state index in [1.54, 1.807) is 0 Å². The molecule has 0 bridgehead atoms. The molecule has 0 aliphatic heterocycles. The van der Waals surface area contributed by atoms with Gasteiger partial charge in [0, 0.05) is 18.3 Å². The Morgan fingerprint density at radius 1 is 1.41 bits per heavy atom. The first kappa shape index (κ1) is 17.0. The minimum Gasteiger partial charge on any atom is -0.391 e. The van der Waals surface area contributed by atoms with Crippen LogP contribution in [0, 0.1) is 0 Å². The third-order valence-electron chi connectivity index (χ3n) is 3.51. The van der Waals surface area contributed by atoms with Crippen LogP contribution in [0.25, 0.3) is 0 Å². The van der Waals surface area contributed by atoms with Gasteiger partial charge >= 0.3 is 12.2 Å². The molecule has 2 unspecified atom stereocenters. The van der Waals surface area contributed by atoms with Crippen molar-refractivity contribution in [3.8, 4) is 0 Å². The summed E-state index contributed by atoms with van der Waals surface area (Å²) in [4.78, 5) is 15.2. The Hall–Kier alpha value is -1.35. The molecule has 1 aromatic rings. The molecule has 2 amide bonds. The molecule has 1 fully saturated rings. The van der Waals surface area contributed by atoms with Crippen molar-refractivity contribution in [1.82, 2.24) is 15.6 Å². The Bertz CT molecular complexity index is 507. The van der Waals surface area contributed by atoms with Crippen LogP contribution >= 0.6 is 11.3 Å². The second-order valence-corrected chi connectivity index (χ2v) is 6.18. The van der Waals surface area contributed by atoms with Crippen LogP contribution in [0.3, 0.4) is 0 Å². The molecule has 5 nitrogen and oxygen atoms in total. The van der Waals surface area contributed by atoms with E-state index in [4.69, 9.17) is 0 Å². The van der Waals surface area contributed by atoms with Crippen LogP contribution < -0.4 is 10.6 Å². The zero-order valence-electron chi connectivity index (χ0n) is 11.8. The van der Waals surface area contributed by atoms with Gasteiger partial charge in [0.1, 0.15) is 0 Å². The quantitative estimate of drug-likeness (QED) is 0.789. The first-order valence-electron chi connectivity index (χ1n) is 7.10. The molecule has 1 aliphatic carbocycles. The highest BCUT2D eigenvalue weighted by Gasteiger charge is 2.33. The first-order valence-corrected chi connectivity index (χ1v) is 7.98. The summed E-state index contributed by atoms with van der Waals surface area (Å²) >= 11 is 0.921. The van der Waals surface area contributed by atoms with Gasteiger partial charge in [-0.2, -0.15) is 13.2 Å². The smallest absolute Gasteiger partial charge is 0.391 e. The third kappa shape index (κ3) is 4.84. The average Bonchev–Trinajstić information content (AvgIpc) is 2.90. The SMILES string of the molecule is O=C(NCCc1nc(C(F)(F)F)cs1)NC1CCCCC1O. The number of hydrogen-bond donors (Lipinski definition) is 3. The van der Waals surface area contributed by atoms with E-state index in [1.165, 1.54) is 0 Å². The molecular formula is C13H18F3N3O2S. The number of aromatic nitrogens is 1. The summed E-state index contributed by atoms with van der Waals surface area (Å²) in [7, 11) is 0. The summed E-state index contributed by atoms with van der Waals surface area (Å²) in [5.74, 6) is 0. The summed E-state index contributed by atoms with van der Waals surface area (Å²) in [5.41, 5.74) is -0.901. The fourth-order valence-electron chi connectivity index (χ4n) is 2.34. The van der Waals surface area contributed by atoms with Crippen molar-refractivity contribution in [2.75, 3.05) is 6.54 Å². The van der Waals surface area contributed by atoms with Crippen LogP contribution in [0.4, 0.5) is 18.0 Å². The molecule has 1 aromatic heterocycles.